The molecule has 2 heterocycles. The van der Waals surface area contributed by atoms with Crippen LogP contribution in [0.5, 0.6) is 11.5 Å². The van der Waals surface area contributed by atoms with E-state index in [-0.39, 0.29) is 30.8 Å². The first-order valence-corrected chi connectivity index (χ1v) is 14.7. The number of carbonyl (C=O) groups excluding carboxylic acids is 3. The zero-order chi connectivity index (χ0) is 31.8. The van der Waals surface area contributed by atoms with Gasteiger partial charge in [0.05, 0.1) is 18.2 Å². The van der Waals surface area contributed by atoms with Gasteiger partial charge in [0.2, 0.25) is 5.78 Å². The van der Waals surface area contributed by atoms with Crippen molar-refractivity contribution in [1.29, 1.82) is 0 Å². The average Bonchev–Trinajstić information content (AvgIpc) is 3.74. The molecule has 1 aliphatic carbocycles. The molecule has 0 radical (unpaired) electrons. The summed E-state index contributed by atoms with van der Waals surface area (Å²) in [4.78, 5) is 45.7. The largest absolute Gasteiger partial charge is 0.497 e. The number of carbonyl (C=O) groups is 3. The maximum atomic E-state index is 14.8. The Labute approximate surface area is 267 Å². The number of ketones is 1. The van der Waals surface area contributed by atoms with E-state index in [1.165, 1.54) is 13.2 Å². The fraction of sp³-hybridized carbons (Fsp3) is 0.286. The van der Waals surface area contributed by atoms with Crippen LogP contribution in [0.25, 0.3) is 17.0 Å². The third kappa shape index (κ3) is 6.59. The number of benzene rings is 3. The van der Waals surface area contributed by atoms with E-state index < -0.39 is 11.8 Å². The molecule has 10 nitrogen and oxygen atoms in total. The molecule has 1 aliphatic heterocycles. The molecule has 1 saturated carbocycles. The van der Waals surface area contributed by atoms with Gasteiger partial charge in [-0.15, -0.1) is 0 Å². The molecular formula is C35H38FN5O5. The van der Waals surface area contributed by atoms with E-state index in [1.807, 2.05) is 19.0 Å². The van der Waals surface area contributed by atoms with Gasteiger partial charge in [-0.05, 0) is 87.5 Å². The Kier molecular flexibility index (Phi) is 9.15. The lowest BCUT2D eigenvalue weighted by Crippen LogP contribution is -2.33. The highest BCUT2D eigenvalue weighted by atomic mass is 19.1. The van der Waals surface area contributed by atoms with E-state index in [4.69, 9.17) is 9.47 Å². The summed E-state index contributed by atoms with van der Waals surface area (Å²) in [5.74, 6) is 0.234. The zero-order valence-corrected chi connectivity index (χ0v) is 25.5. The standard InChI is InChI=1S/C34H34FN5O5.CH4/c1-39(2)13-14-40(3)33(42)20-7-9-21(10-8-20)36-34(43)37-22-11-12-28-26(15-22)32(41)29(45-28)18-25-24-16-23(44-4)17-27(35)31(24)38-30(25)19-5-6-19;/h7-12,15-19,38H,5-6,13-14H2,1-4H3,(H2,36,37,43);1H4/b29-18-;. The highest BCUT2D eigenvalue weighted by Gasteiger charge is 2.32. The number of halogens is 1. The lowest BCUT2D eigenvalue weighted by atomic mass is 10.0. The van der Waals surface area contributed by atoms with Crippen LogP contribution in [0.2, 0.25) is 0 Å². The van der Waals surface area contributed by atoms with Gasteiger partial charge in [0.1, 0.15) is 11.5 Å². The highest BCUT2D eigenvalue weighted by molar-refractivity contribution is 6.16. The van der Waals surface area contributed by atoms with Crippen LogP contribution in [0, 0.1) is 5.82 Å². The molecule has 6 rings (SSSR count). The lowest BCUT2D eigenvalue weighted by molar-refractivity contribution is 0.0786. The second kappa shape index (κ2) is 13.1. The number of likely N-dealkylation sites (N-methyl/N-ethyl adjacent to an activating group) is 2. The molecule has 1 aromatic heterocycles. The molecule has 0 saturated heterocycles. The number of ether oxygens (including phenoxy) is 2. The summed E-state index contributed by atoms with van der Waals surface area (Å²) in [6.07, 6.45) is 3.61. The molecule has 0 spiro atoms. The van der Waals surface area contributed by atoms with Crippen LogP contribution in [0.4, 0.5) is 20.6 Å². The van der Waals surface area contributed by atoms with Crippen LogP contribution in [0.1, 0.15) is 58.2 Å². The van der Waals surface area contributed by atoms with Gasteiger partial charge < -0.3 is 34.9 Å². The molecule has 3 N–H and O–H groups in total. The third-order valence-corrected chi connectivity index (χ3v) is 7.95. The number of aromatic nitrogens is 1. The van der Waals surface area contributed by atoms with Crippen molar-refractivity contribution < 1.29 is 28.2 Å². The molecule has 0 unspecified atom stereocenters. The topological polar surface area (TPSA) is 116 Å². The van der Waals surface area contributed by atoms with Crippen molar-refractivity contribution in [1.82, 2.24) is 14.8 Å². The van der Waals surface area contributed by atoms with Crippen LogP contribution >= 0.6 is 0 Å². The van der Waals surface area contributed by atoms with E-state index in [2.05, 4.69) is 15.6 Å². The zero-order valence-electron chi connectivity index (χ0n) is 25.5. The van der Waals surface area contributed by atoms with Gasteiger partial charge in [0.15, 0.2) is 11.6 Å². The molecule has 2 aliphatic rings. The number of amides is 3. The van der Waals surface area contributed by atoms with Crippen LogP contribution in [-0.2, 0) is 0 Å². The minimum absolute atomic E-state index is 0. The monoisotopic (exact) mass is 627 g/mol. The number of methoxy groups -OCH3 is 1. The summed E-state index contributed by atoms with van der Waals surface area (Å²) in [5.41, 5.74) is 3.65. The van der Waals surface area contributed by atoms with Gasteiger partial charge in [0.25, 0.3) is 5.91 Å². The molecule has 3 aromatic carbocycles. The van der Waals surface area contributed by atoms with Gasteiger partial charge in [0, 0.05) is 59.8 Å². The number of allylic oxidation sites excluding steroid dienone is 1. The average molecular weight is 628 g/mol. The molecule has 4 aromatic rings. The Hall–Kier alpha value is -5.16. The Bertz CT molecular complexity index is 1840. The molecule has 46 heavy (non-hydrogen) atoms. The second-order valence-electron chi connectivity index (χ2n) is 11.6. The number of nitrogens with one attached hydrogen (secondary N) is 3. The number of hydrogen-bond acceptors (Lipinski definition) is 6. The number of aromatic amines is 1. The van der Waals surface area contributed by atoms with E-state index in [9.17, 15) is 18.8 Å². The van der Waals surface area contributed by atoms with Gasteiger partial charge >= 0.3 is 6.03 Å². The van der Waals surface area contributed by atoms with Crippen molar-refractivity contribution in [2.45, 2.75) is 26.2 Å². The first kappa shape index (κ1) is 32.2. The summed E-state index contributed by atoms with van der Waals surface area (Å²) >= 11 is 0. The van der Waals surface area contributed by atoms with Crippen molar-refractivity contribution in [3.05, 3.63) is 88.6 Å². The first-order valence-electron chi connectivity index (χ1n) is 14.7. The summed E-state index contributed by atoms with van der Waals surface area (Å²) in [5, 5.41) is 6.10. The fourth-order valence-corrected chi connectivity index (χ4v) is 5.30. The minimum Gasteiger partial charge on any atom is -0.497 e. The molecule has 3 amide bonds. The lowest BCUT2D eigenvalue weighted by Gasteiger charge is -2.19. The number of Topliss-reactive ketones (excluding diaryl/α,β-unsaturated/α-hetero) is 1. The number of urea groups is 1. The second-order valence-corrected chi connectivity index (χ2v) is 11.6. The quantitative estimate of drug-likeness (QED) is 0.178. The highest BCUT2D eigenvalue weighted by Crippen LogP contribution is 2.45. The van der Waals surface area contributed by atoms with Gasteiger partial charge in [-0.25, -0.2) is 9.18 Å². The fourth-order valence-electron chi connectivity index (χ4n) is 5.30. The van der Waals surface area contributed by atoms with Crippen molar-refractivity contribution in [2.75, 3.05) is 52.0 Å². The smallest absolute Gasteiger partial charge is 0.323 e. The maximum absolute atomic E-state index is 14.8. The van der Waals surface area contributed by atoms with Crippen LogP contribution in [-0.4, -0.2) is 73.8 Å². The predicted molar refractivity (Wildman–Crippen MR) is 177 cm³/mol. The maximum Gasteiger partial charge on any atom is 0.323 e. The van der Waals surface area contributed by atoms with Crippen LogP contribution < -0.4 is 20.1 Å². The summed E-state index contributed by atoms with van der Waals surface area (Å²) < 4.78 is 26.0. The molecule has 0 bridgehead atoms. The van der Waals surface area contributed by atoms with Crippen molar-refractivity contribution in [3.8, 4) is 11.5 Å². The van der Waals surface area contributed by atoms with Crippen molar-refractivity contribution in [3.63, 3.8) is 0 Å². The summed E-state index contributed by atoms with van der Waals surface area (Å²) in [6.45, 7) is 1.35. The van der Waals surface area contributed by atoms with E-state index in [0.29, 0.717) is 57.0 Å². The van der Waals surface area contributed by atoms with Crippen molar-refractivity contribution >= 4 is 46.1 Å². The number of anilines is 2. The Morgan fingerprint density at radius 2 is 1.72 bits per heavy atom. The SMILES string of the molecule is C.COc1cc(F)c2[nH]c(C3CC3)c(/C=C3\Oc4ccc(NC(=O)Nc5ccc(C(=O)N(C)CCN(C)C)cc5)cc4C3=O)c2c1. The Morgan fingerprint density at radius 1 is 1.02 bits per heavy atom. The summed E-state index contributed by atoms with van der Waals surface area (Å²) in [6, 6.07) is 14.0. The number of fused-ring (bicyclic) bond motifs is 2. The Balaban J connectivity index is 0.00000417. The molecule has 1 fully saturated rings. The van der Waals surface area contributed by atoms with Gasteiger partial charge in [-0.3, -0.25) is 9.59 Å². The molecule has 11 heteroatoms. The van der Waals surface area contributed by atoms with E-state index in [1.54, 1.807) is 66.6 Å². The normalized spacial score (nSPS) is 14.6. The number of H-pyrrole nitrogens is 1. The van der Waals surface area contributed by atoms with E-state index >= 15 is 0 Å². The van der Waals surface area contributed by atoms with E-state index in [0.717, 1.165) is 25.1 Å². The number of rotatable bonds is 9. The Morgan fingerprint density at radius 3 is 2.39 bits per heavy atom. The number of nitrogens with zero attached hydrogens (tertiary/aromatic N) is 2. The van der Waals surface area contributed by atoms with Gasteiger partial charge in [-0.1, -0.05) is 7.43 Å². The third-order valence-electron chi connectivity index (χ3n) is 7.95. The van der Waals surface area contributed by atoms with Crippen molar-refractivity contribution in [2.24, 2.45) is 0 Å². The van der Waals surface area contributed by atoms with Crippen LogP contribution in [0.15, 0.2) is 60.4 Å². The van der Waals surface area contributed by atoms with Gasteiger partial charge in [-0.2, -0.15) is 0 Å². The molecule has 240 valence electrons. The van der Waals surface area contributed by atoms with Crippen LogP contribution in [0.3, 0.4) is 0 Å². The minimum atomic E-state index is -0.511. The summed E-state index contributed by atoms with van der Waals surface area (Å²) in [7, 11) is 7.13. The molecule has 0 atom stereocenters. The predicted octanol–water partition coefficient (Wildman–Crippen LogP) is 6.72. The number of hydrogen-bond donors (Lipinski definition) is 3. The first-order chi connectivity index (χ1) is 21.6. The molecular weight excluding hydrogens is 589 g/mol.